The lowest BCUT2D eigenvalue weighted by Crippen LogP contribution is -2.13. The van der Waals surface area contributed by atoms with Gasteiger partial charge in [0.05, 0.1) is 11.4 Å². The minimum Gasteiger partial charge on any atom is -0.310 e. The first-order valence-electron chi connectivity index (χ1n) is 16.9. The van der Waals surface area contributed by atoms with E-state index in [0.717, 1.165) is 34.9 Å². The third-order valence-electron chi connectivity index (χ3n) is 9.69. The van der Waals surface area contributed by atoms with Crippen molar-refractivity contribution in [2.45, 2.75) is 26.2 Å². The molecule has 1 atom stereocenters. The van der Waals surface area contributed by atoms with Gasteiger partial charge in [0, 0.05) is 38.9 Å². The van der Waals surface area contributed by atoms with E-state index < -0.39 is 0 Å². The van der Waals surface area contributed by atoms with E-state index in [-0.39, 0.29) is 0 Å². The highest BCUT2D eigenvalue weighted by Gasteiger charge is 2.20. The van der Waals surface area contributed by atoms with Gasteiger partial charge >= 0.3 is 0 Å². The summed E-state index contributed by atoms with van der Waals surface area (Å²) in [4.78, 5) is 4.81. The zero-order valence-corrected chi connectivity index (χ0v) is 27.4. The number of rotatable bonds is 8. The molecule has 2 nitrogen and oxygen atoms in total. The number of benzene rings is 8. The Hall–Kier alpha value is -5.86. The summed E-state index contributed by atoms with van der Waals surface area (Å²) in [6, 6.07) is 63.9. The molecule has 48 heavy (non-hydrogen) atoms. The highest BCUT2D eigenvalue weighted by Crippen LogP contribution is 2.45. The second kappa shape index (κ2) is 12.7. The van der Waals surface area contributed by atoms with Crippen LogP contribution in [0.2, 0.25) is 0 Å². The second-order valence-corrected chi connectivity index (χ2v) is 12.6. The van der Waals surface area contributed by atoms with Crippen LogP contribution >= 0.6 is 0 Å². The Bertz CT molecular complexity index is 2280. The van der Waals surface area contributed by atoms with Gasteiger partial charge in [0.1, 0.15) is 0 Å². The van der Waals surface area contributed by atoms with Crippen LogP contribution in [0, 0.1) is 0 Å². The minimum atomic E-state index is 0.526. The molecule has 0 aliphatic rings. The van der Waals surface area contributed by atoms with Crippen LogP contribution in [0.4, 0.5) is 34.1 Å². The number of hydrogen-bond acceptors (Lipinski definition) is 2. The standard InChI is InChI=1S/C46H38N2/c1-3-33(2)34-24-26-39(27-25-34)47(45-23-13-17-35-14-7-10-20-42(35)45)40-28-30-41(31-29-40)48(38-18-5-4-6-19-38)46-43-21-11-8-15-36(43)32-37-16-9-12-22-44(37)46/h4-33H,3H2,1-2H3. The Morgan fingerprint density at radius 3 is 1.48 bits per heavy atom. The summed E-state index contributed by atoms with van der Waals surface area (Å²) in [5.41, 5.74) is 8.21. The van der Waals surface area contributed by atoms with Gasteiger partial charge in [-0.1, -0.05) is 129 Å². The average Bonchev–Trinajstić information content (AvgIpc) is 3.16. The molecule has 0 fully saturated rings. The SMILES string of the molecule is CCC(C)c1ccc(N(c2ccc(N(c3ccccc3)c3c4ccccc4cc4ccccc34)cc2)c2cccc3ccccc23)cc1. The van der Waals surface area contributed by atoms with Crippen LogP contribution in [-0.2, 0) is 0 Å². The topological polar surface area (TPSA) is 6.48 Å². The van der Waals surface area contributed by atoms with Gasteiger partial charge in [0.25, 0.3) is 0 Å². The van der Waals surface area contributed by atoms with Crippen LogP contribution in [0.25, 0.3) is 32.3 Å². The van der Waals surface area contributed by atoms with E-state index in [1.807, 2.05) is 0 Å². The molecule has 232 valence electrons. The molecule has 0 heterocycles. The summed E-state index contributed by atoms with van der Waals surface area (Å²) in [6.07, 6.45) is 1.12. The smallest absolute Gasteiger partial charge is 0.0618 e. The van der Waals surface area contributed by atoms with Gasteiger partial charge in [-0.05, 0) is 94.7 Å². The summed E-state index contributed by atoms with van der Waals surface area (Å²) < 4.78 is 0. The highest BCUT2D eigenvalue weighted by atomic mass is 15.2. The minimum absolute atomic E-state index is 0.526. The molecule has 0 N–H and O–H groups in total. The molecule has 0 amide bonds. The summed E-state index contributed by atoms with van der Waals surface area (Å²) >= 11 is 0. The second-order valence-electron chi connectivity index (χ2n) is 12.6. The van der Waals surface area contributed by atoms with Crippen molar-refractivity contribution in [2.24, 2.45) is 0 Å². The molecule has 0 radical (unpaired) electrons. The van der Waals surface area contributed by atoms with Crippen LogP contribution in [0.1, 0.15) is 31.7 Å². The van der Waals surface area contributed by atoms with E-state index in [1.165, 1.54) is 43.6 Å². The van der Waals surface area contributed by atoms with Crippen LogP contribution in [-0.4, -0.2) is 0 Å². The predicted molar refractivity (Wildman–Crippen MR) is 207 cm³/mol. The molecule has 0 saturated heterocycles. The number of para-hydroxylation sites is 1. The molecule has 0 bridgehead atoms. The summed E-state index contributed by atoms with van der Waals surface area (Å²) in [5.74, 6) is 0.526. The van der Waals surface area contributed by atoms with E-state index in [0.29, 0.717) is 5.92 Å². The Morgan fingerprint density at radius 1 is 0.417 bits per heavy atom. The largest absolute Gasteiger partial charge is 0.310 e. The molecule has 1 unspecified atom stereocenters. The fourth-order valence-electron chi connectivity index (χ4n) is 6.98. The van der Waals surface area contributed by atoms with Crippen molar-refractivity contribution >= 4 is 66.4 Å². The molecule has 0 aliphatic carbocycles. The van der Waals surface area contributed by atoms with Crippen LogP contribution in [0.15, 0.2) is 176 Å². The van der Waals surface area contributed by atoms with Crippen molar-refractivity contribution in [3.05, 3.63) is 181 Å². The maximum atomic E-state index is 2.41. The molecule has 0 saturated carbocycles. The van der Waals surface area contributed by atoms with Crippen LogP contribution < -0.4 is 9.80 Å². The van der Waals surface area contributed by atoms with Crippen LogP contribution in [0.5, 0.6) is 0 Å². The van der Waals surface area contributed by atoms with E-state index in [9.17, 15) is 0 Å². The first-order valence-corrected chi connectivity index (χ1v) is 16.9. The first kappa shape index (κ1) is 29.5. The monoisotopic (exact) mass is 618 g/mol. The number of hydrogen-bond donors (Lipinski definition) is 0. The maximum absolute atomic E-state index is 2.41. The molecular formula is C46H38N2. The summed E-state index contributed by atoms with van der Waals surface area (Å²) in [7, 11) is 0. The van der Waals surface area contributed by atoms with Crippen molar-refractivity contribution in [3.8, 4) is 0 Å². The fraction of sp³-hybridized carbons (Fsp3) is 0.0870. The summed E-state index contributed by atoms with van der Waals surface area (Å²) in [6.45, 7) is 4.55. The van der Waals surface area contributed by atoms with Gasteiger partial charge in [-0.25, -0.2) is 0 Å². The fourth-order valence-corrected chi connectivity index (χ4v) is 6.98. The molecule has 0 spiro atoms. The maximum Gasteiger partial charge on any atom is 0.0618 e. The van der Waals surface area contributed by atoms with Gasteiger partial charge < -0.3 is 9.80 Å². The lowest BCUT2D eigenvalue weighted by Gasteiger charge is -2.30. The quantitative estimate of drug-likeness (QED) is 0.156. The van der Waals surface area contributed by atoms with Gasteiger partial charge in [-0.2, -0.15) is 0 Å². The zero-order chi connectivity index (χ0) is 32.5. The van der Waals surface area contributed by atoms with E-state index in [4.69, 9.17) is 0 Å². The molecular weight excluding hydrogens is 581 g/mol. The van der Waals surface area contributed by atoms with E-state index in [2.05, 4.69) is 200 Å². The molecule has 2 heteroatoms. The molecule has 0 aromatic heterocycles. The number of nitrogens with zero attached hydrogens (tertiary/aromatic N) is 2. The lowest BCUT2D eigenvalue weighted by molar-refractivity contribution is 0.733. The third-order valence-corrected chi connectivity index (χ3v) is 9.69. The van der Waals surface area contributed by atoms with Gasteiger partial charge in [0.2, 0.25) is 0 Å². The van der Waals surface area contributed by atoms with Crippen molar-refractivity contribution < 1.29 is 0 Å². The van der Waals surface area contributed by atoms with E-state index >= 15 is 0 Å². The van der Waals surface area contributed by atoms with Gasteiger partial charge in [-0.3, -0.25) is 0 Å². The van der Waals surface area contributed by atoms with Gasteiger partial charge in [0.15, 0.2) is 0 Å². The Kier molecular flexibility index (Phi) is 7.84. The molecule has 8 rings (SSSR count). The van der Waals surface area contributed by atoms with Gasteiger partial charge in [-0.15, -0.1) is 0 Å². The Morgan fingerprint density at radius 2 is 0.875 bits per heavy atom. The lowest BCUT2D eigenvalue weighted by atomic mass is 9.98. The van der Waals surface area contributed by atoms with Crippen molar-refractivity contribution in [2.75, 3.05) is 9.80 Å². The Labute approximate surface area is 283 Å². The number of fused-ring (bicyclic) bond motifs is 3. The summed E-state index contributed by atoms with van der Waals surface area (Å²) in [5, 5.41) is 7.36. The van der Waals surface area contributed by atoms with Crippen molar-refractivity contribution in [3.63, 3.8) is 0 Å². The van der Waals surface area contributed by atoms with Crippen molar-refractivity contribution in [1.82, 2.24) is 0 Å². The van der Waals surface area contributed by atoms with E-state index in [1.54, 1.807) is 0 Å². The van der Waals surface area contributed by atoms with Crippen molar-refractivity contribution in [1.29, 1.82) is 0 Å². The predicted octanol–water partition coefficient (Wildman–Crippen LogP) is 13.6. The zero-order valence-electron chi connectivity index (χ0n) is 27.4. The normalized spacial score (nSPS) is 12.0. The first-order chi connectivity index (χ1) is 23.7. The molecule has 8 aromatic rings. The molecule has 0 aliphatic heterocycles. The highest BCUT2D eigenvalue weighted by molar-refractivity contribution is 6.14. The average molecular weight is 619 g/mol. The van der Waals surface area contributed by atoms with Crippen LogP contribution in [0.3, 0.4) is 0 Å². The molecule has 8 aromatic carbocycles. The third kappa shape index (κ3) is 5.36. The Balaban J connectivity index is 1.31. The number of anilines is 6.